The highest BCUT2D eigenvalue weighted by Crippen LogP contribution is 2.25. The summed E-state index contributed by atoms with van der Waals surface area (Å²) in [5.41, 5.74) is 4.42. The molecule has 1 amide bonds. The number of nitrogens with zero attached hydrogens (tertiary/aromatic N) is 1. The van der Waals surface area contributed by atoms with Crippen molar-refractivity contribution in [1.29, 1.82) is 0 Å². The van der Waals surface area contributed by atoms with Crippen LogP contribution in [-0.2, 0) is 9.53 Å². The third-order valence-electron chi connectivity index (χ3n) is 3.23. The van der Waals surface area contributed by atoms with Gasteiger partial charge in [-0.1, -0.05) is 0 Å². The van der Waals surface area contributed by atoms with Gasteiger partial charge >= 0.3 is 0 Å². The summed E-state index contributed by atoms with van der Waals surface area (Å²) >= 11 is 0. The predicted molar refractivity (Wildman–Crippen MR) is 77.5 cm³/mol. The number of nitrogens with two attached hydrogens (primary N) is 1. The molecule has 0 bridgehead atoms. The molecule has 0 unspecified atom stereocenters. The lowest BCUT2D eigenvalue weighted by atomic mass is 10.1. The van der Waals surface area contributed by atoms with Gasteiger partial charge in [-0.15, -0.1) is 0 Å². The Balaban J connectivity index is 2.09. The van der Waals surface area contributed by atoms with Crippen LogP contribution in [0.1, 0.15) is 13.3 Å². The molecule has 2 rings (SSSR count). The monoisotopic (exact) mass is 297 g/mol. The molecule has 1 heterocycles. The van der Waals surface area contributed by atoms with Gasteiger partial charge in [-0.05, 0) is 25.1 Å². The van der Waals surface area contributed by atoms with Crippen LogP contribution >= 0.6 is 0 Å². The molecule has 0 saturated carbocycles. The molecule has 1 atom stereocenters. The lowest BCUT2D eigenvalue weighted by molar-refractivity contribution is -0.121. The second-order valence-electron chi connectivity index (χ2n) is 5.31. The van der Waals surface area contributed by atoms with E-state index in [2.05, 4.69) is 5.32 Å². The first-order chi connectivity index (χ1) is 9.87. The zero-order valence-corrected chi connectivity index (χ0v) is 11.9. The number of carbonyl (C=O) groups is 1. The van der Waals surface area contributed by atoms with Crippen molar-refractivity contribution in [3.8, 4) is 0 Å². The van der Waals surface area contributed by atoms with Crippen molar-refractivity contribution in [3.63, 3.8) is 0 Å². The molecule has 0 aliphatic carbocycles. The maximum absolute atomic E-state index is 14.2. The molecule has 1 aliphatic rings. The largest absolute Gasteiger partial charge is 0.378 e. The summed E-state index contributed by atoms with van der Waals surface area (Å²) in [6, 6.07) is 4.59. The van der Waals surface area contributed by atoms with Gasteiger partial charge in [0.1, 0.15) is 11.5 Å². The normalized spacial score (nSPS) is 18.1. The van der Waals surface area contributed by atoms with Gasteiger partial charge in [0.25, 0.3) is 0 Å². The third-order valence-corrected chi connectivity index (χ3v) is 3.23. The minimum Gasteiger partial charge on any atom is -0.378 e. The molecule has 0 aromatic heterocycles. The van der Waals surface area contributed by atoms with Crippen molar-refractivity contribution >= 4 is 17.3 Å². The molecule has 0 radical (unpaired) electrons. The van der Waals surface area contributed by atoms with Crippen molar-refractivity contribution in [2.24, 2.45) is 5.73 Å². The van der Waals surface area contributed by atoms with Crippen LogP contribution in [0.25, 0.3) is 0 Å². The molecule has 116 valence electrons. The molecular weight excluding hydrogens is 277 g/mol. The zero-order valence-electron chi connectivity index (χ0n) is 11.9. The quantitative estimate of drug-likeness (QED) is 0.695. The number of aliphatic hydroxyl groups is 1. The highest BCUT2D eigenvalue weighted by Gasteiger charge is 2.23. The smallest absolute Gasteiger partial charge is 0.222 e. The van der Waals surface area contributed by atoms with Gasteiger partial charge in [0.2, 0.25) is 5.91 Å². The number of hydrogen-bond acceptors (Lipinski definition) is 5. The molecule has 7 heteroatoms. The molecule has 4 N–H and O–H groups in total. The third kappa shape index (κ3) is 4.30. The SMILES string of the molecule is C[C@@](O)(CC(N)=O)Nc1ccc(N2CCOCC2)c(F)c1. The fourth-order valence-corrected chi connectivity index (χ4v) is 2.34. The van der Waals surface area contributed by atoms with E-state index in [1.54, 1.807) is 12.1 Å². The van der Waals surface area contributed by atoms with E-state index in [-0.39, 0.29) is 6.42 Å². The van der Waals surface area contributed by atoms with E-state index in [1.165, 1.54) is 13.0 Å². The van der Waals surface area contributed by atoms with Crippen molar-refractivity contribution in [3.05, 3.63) is 24.0 Å². The first kappa shape index (κ1) is 15.5. The Labute approximate surface area is 122 Å². The van der Waals surface area contributed by atoms with Gasteiger partial charge in [0.05, 0.1) is 25.3 Å². The van der Waals surface area contributed by atoms with Crippen molar-refractivity contribution in [2.75, 3.05) is 36.5 Å². The zero-order chi connectivity index (χ0) is 15.5. The van der Waals surface area contributed by atoms with Gasteiger partial charge in [0, 0.05) is 18.8 Å². The first-order valence-electron chi connectivity index (χ1n) is 6.78. The maximum Gasteiger partial charge on any atom is 0.222 e. The van der Waals surface area contributed by atoms with Crippen molar-refractivity contribution in [1.82, 2.24) is 0 Å². The van der Waals surface area contributed by atoms with Crippen LogP contribution < -0.4 is 16.0 Å². The highest BCUT2D eigenvalue weighted by atomic mass is 19.1. The van der Waals surface area contributed by atoms with Crippen LogP contribution in [0, 0.1) is 5.82 Å². The van der Waals surface area contributed by atoms with Crippen LogP contribution in [0.15, 0.2) is 18.2 Å². The molecule has 1 aromatic rings. The summed E-state index contributed by atoms with van der Waals surface area (Å²) in [5, 5.41) is 12.7. The van der Waals surface area contributed by atoms with Gasteiger partial charge in [-0.3, -0.25) is 4.79 Å². The summed E-state index contributed by atoms with van der Waals surface area (Å²) in [6.07, 6.45) is -0.264. The van der Waals surface area contributed by atoms with E-state index < -0.39 is 17.4 Å². The number of halogens is 1. The molecule has 6 nitrogen and oxygen atoms in total. The summed E-state index contributed by atoms with van der Waals surface area (Å²) in [5.74, 6) is -1.03. The van der Waals surface area contributed by atoms with Crippen LogP contribution in [0.2, 0.25) is 0 Å². The fraction of sp³-hybridized carbons (Fsp3) is 0.500. The molecule has 1 aliphatic heterocycles. The number of benzene rings is 1. The van der Waals surface area contributed by atoms with E-state index in [0.29, 0.717) is 37.7 Å². The predicted octanol–water partition coefficient (Wildman–Crippen LogP) is 0.658. The number of hydrogen-bond donors (Lipinski definition) is 3. The van der Waals surface area contributed by atoms with E-state index in [1.807, 2.05) is 4.90 Å². The van der Waals surface area contributed by atoms with Crippen molar-refractivity contribution in [2.45, 2.75) is 19.1 Å². The summed E-state index contributed by atoms with van der Waals surface area (Å²) < 4.78 is 19.4. The Hall–Kier alpha value is -1.86. The molecule has 1 aromatic carbocycles. The van der Waals surface area contributed by atoms with Crippen LogP contribution in [0.5, 0.6) is 0 Å². The van der Waals surface area contributed by atoms with E-state index in [0.717, 1.165) is 0 Å². The Morgan fingerprint density at radius 2 is 2.19 bits per heavy atom. The van der Waals surface area contributed by atoms with E-state index in [4.69, 9.17) is 10.5 Å². The van der Waals surface area contributed by atoms with Crippen molar-refractivity contribution < 1.29 is 19.0 Å². The van der Waals surface area contributed by atoms with E-state index >= 15 is 0 Å². The number of carbonyl (C=O) groups excluding carboxylic acids is 1. The minimum absolute atomic E-state index is 0.264. The second kappa shape index (κ2) is 6.28. The second-order valence-corrected chi connectivity index (χ2v) is 5.31. The summed E-state index contributed by atoms with van der Waals surface area (Å²) in [6.45, 7) is 3.84. The number of rotatable bonds is 5. The van der Waals surface area contributed by atoms with Gasteiger partial charge < -0.3 is 25.8 Å². The first-order valence-corrected chi connectivity index (χ1v) is 6.78. The van der Waals surface area contributed by atoms with Crippen LogP contribution in [0.3, 0.4) is 0 Å². The molecule has 1 saturated heterocycles. The number of anilines is 2. The minimum atomic E-state index is -1.52. The maximum atomic E-state index is 14.2. The lowest BCUT2D eigenvalue weighted by Gasteiger charge is -2.30. The molecule has 0 spiro atoms. The highest BCUT2D eigenvalue weighted by molar-refractivity contribution is 5.75. The topological polar surface area (TPSA) is 87.8 Å². The van der Waals surface area contributed by atoms with Crippen LogP contribution in [-0.4, -0.2) is 43.0 Å². The lowest BCUT2D eigenvalue weighted by Crippen LogP contribution is -2.39. The molecular formula is C14H20FN3O3. The van der Waals surface area contributed by atoms with E-state index in [9.17, 15) is 14.3 Å². The average Bonchev–Trinajstić information content (AvgIpc) is 2.37. The number of amides is 1. The Morgan fingerprint density at radius 1 is 1.52 bits per heavy atom. The Morgan fingerprint density at radius 3 is 2.76 bits per heavy atom. The standard InChI is InChI=1S/C14H20FN3O3/c1-14(20,9-13(16)19)17-10-2-3-12(11(15)8-10)18-4-6-21-7-5-18/h2-3,8,17,20H,4-7,9H2,1H3,(H2,16,19)/t14-/m1/s1. The molecule has 21 heavy (non-hydrogen) atoms. The number of primary amides is 1. The van der Waals surface area contributed by atoms with Gasteiger partial charge in [0.15, 0.2) is 0 Å². The summed E-state index contributed by atoms with van der Waals surface area (Å²) in [7, 11) is 0. The fourth-order valence-electron chi connectivity index (χ4n) is 2.34. The number of morpholine rings is 1. The number of ether oxygens (including phenoxy) is 1. The van der Waals surface area contributed by atoms with Gasteiger partial charge in [-0.25, -0.2) is 4.39 Å². The van der Waals surface area contributed by atoms with Gasteiger partial charge in [-0.2, -0.15) is 0 Å². The number of nitrogens with one attached hydrogen (secondary N) is 1. The Kier molecular flexibility index (Phi) is 4.64. The Bertz CT molecular complexity index is 516. The summed E-state index contributed by atoms with van der Waals surface area (Å²) in [4.78, 5) is 12.8. The molecule has 1 fully saturated rings. The average molecular weight is 297 g/mol. The van der Waals surface area contributed by atoms with Crippen LogP contribution in [0.4, 0.5) is 15.8 Å².